The fraction of sp³-hybridized carbons (Fsp3) is 0.259. The van der Waals surface area contributed by atoms with Crippen molar-refractivity contribution in [1.29, 1.82) is 0 Å². The number of nitrogens with zero attached hydrogens (tertiary/aromatic N) is 6. The molecule has 2 atom stereocenters. The van der Waals surface area contributed by atoms with Crippen molar-refractivity contribution in [3.8, 4) is 16.9 Å². The molecule has 0 amide bonds. The van der Waals surface area contributed by atoms with E-state index in [2.05, 4.69) is 15.0 Å². The van der Waals surface area contributed by atoms with Crippen molar-refractivity contribution in [2.45, 2.75) is 6.92 Å². The number of aliphatic carboxylic acids is 1. The number of hydrogen-bond acceptors (Lipinski definition) is 5. The second-order valence-electron chi connectivity index (χ2n) is 9.84. The van der Waals surface area contributed by atoms with Gasteiger partial charge in [-0.15, -0.1) is 0 Å². The van der Waals surface area contributed by atoms with Crippen LogP contribution in [0.4, 0.5) is 10.2 Å². The van der Waals surface area contributed by atoms with E-state index in [9.17, 15) is 14.3 Å². The smallest absolute Gasteiger partial charge is 0.307 e. The molecule has 1 saturated carbocycles. The number of fused-ring (bicyclic) bond motifs is 3. The lowest BCUT2D eigenvalue weighted by Crippen LogP contribution is -2.26. The quantitative estimate of drug-likeness (QED) is 0.413. The van der Waals surface area contributed by atoms with Crippen molar-refractivity contribution < 1.29 is 14.3 Å². The molecule has 1 N–H and O–H groups in total. The first-order valence-electron chi connectivity index (χ1n) is 12.0. The van der Waals surface area contributed by atoms with Gasteiger partial charge in [0.05, 0.1) is 28.8 Å². The second kappa shape index (κ2) is 7.36. The molecule has 4 heterocycles. The van der Waals surface area contributed by atoms with Gasteiger partial charge < -0.3 is 10.0 Å². The Morgan fingerprint density at radius 1 is 1.06 bits per heavy atom. The fourth-order valence-electron chi connectivity index (χ4n) is 5.87. The predicted octanol–water partition coefficient (Wildman–Crippen LogP) is 4.19. The Hall–Kier alpha value is -4.27. The third-order valence-corrected chi connectivity index (χ3v) is 7.73. The van der Waals surface area contributed by atoms with Gasteiger partial charge in [-0.1, -0.05) is 12.1 Å². The first kappa shape index (κ1) is 21.0. The summed E-state index contributed by atoms with van der Waals surface area (Å²) >= 11 is 0. The van der Waals surface area contributed by atoms with Crippen molar-refractivity contribution in [1.82, 2.24) is 24.5 Å². The summed E-state index contributed by atoms with van der Waals surface area (Å²) in [6, 6.07) is 13.1. The van der Waals surface area contributed by atoms with Crippen molar-refractivity contribution in [3.63, 3.8) is 0 Å². The summed E-state index contributed by atoms with van der Waals surface area (Å²) in [6.07, 6.45) is 3.72. The van der Waals surface area contributed by atoms with E-state index in [0.29, 0.717) is 24.2 Å². The Bertz CT molecular complexity index is 1680. The van der Waals surface area contributed by atoms with Crippen LogP contribution < -0.4 is 4.90 Å². The normalized spacial score (nSPS) is 20.9. The molecule has 2 aromatic carbocycles. The molecule has 5 aromatic rings. The molecule has 7 rings (SSSR count). The Morgan fingerprint density at radius 3 is 2.58 bits per heavy atom. The lowest BCUT2D eigenvalue weighted by molar-refractivity contribution is -0.139. The van der Waals surface area contributed by atoms with E-state index in [1.807, 2.05) is 43.6 Å². The summed E-state index contributed by atoms with van der Waals surface area (Å²) in [6.45, 7) is 3.19. The molecule has 2 fully saturated rings. The number of hydrogen-bond donors (Lipinski definition) is 1. The maximum absolute atomic E-state index is 14.7. The molecule has 0 bridgehead atoms. The lowest BCUT2D eigenvalue weighted by atomic mass is 10.0. The van der Waals surface area contributed by atoms with Gasteiger partial charge in [0.15, 0.2) is 0 Å². The van der Waals surface area contributed by atoms with Crippen molar-refractivity contribution in [2.75, 3.05) is 18.0 Å². The highest BCUT2D eigenvalue weighted by Crippen LogP contribution is 2.52. The molecule has 1 aliphatic carbocycles. The Labute approximate surface area is 205 Å². The van der Waals surface area contributed by atoms with E-state index in [4.69, 9.17) is 5.10 Å². The molecular weight excluding hydrogens is 459 g/mol. The topological polar surface area (TPSA) is 89.1 Å². The van der Waals surface area contributed by atoms with Crippen LogP contribution in [0.15, 0.2) is 54.9 Å². The number of aryl methyl sites for hydroxylation is 2. The number of pyridine rings is 1. The first-order valence-corrected chi connectivity index (χ1v) is 12.0. The minimum absolute atomic E-state index is 0.211. The van der Waals surface area contributed by atoms with Gasteiger partial charge in [0.25, 0.3) is 0 Å². The molecule has 2 aliphatic rings. The minimum atomic E-state index is -0.695. The zero-order valence-corrected chi connectivity index (χ0v) is 19.8. The minimum Gasteiger partial charge on any atom is -0.481 e. The fourth-order valence-corrected chi connectivity index (χ4v) is 5.87. The highest BCUT2D eigenvalue weighted by atomic mass is 19.1. The van der Waals surface area contributed by atoms with Crippen LogP contribution in [0.25, 0.3) is 38.8 Å². The number of benzene rings is 2. The van der Waals surface area contributed by atoms with Crippen molar-refractivity contribution in [2.24, 2.45) is 24.8 Å². The number of piperidine rings is 1. The third kappa shape index (κ3) is 2.98. The van der Waals surface area contributed by atoms with E-state index in [0.717, 1.165) is 39.1 Å². The number of anilines is 1. The summed E-state index contributed by atoms with van der Waals surface area (Å²) in [5.74, 6) is 0.0404. The van der Waals surface area contributed by atoms with Gasteiger partial charge >= 0.3 is 5.97 Å². The van der Waals surface area contributed by atoms with Crippen LogP contribution in [0.1, 0.15) is 5.56 Å². The summed E-state index contributed by atoms with van der Waals surface area (Å²) in [4.78, 5) is 18.1. The van der Waals surface area contributed by atoms with Crippen LogP contribution in [-0.4, -0.2) is 48.7 Å². The van der Waals surface area contributed by atoms with Gasteiger partial charge in [0, 0.05) is 48.2 Å². The highest BCUT2D eigenvalue weighted by Gasteiger charge is 2.60. The SMILES string of the molecule is Cc1c(F)ccc2c(-c3cccc4nn(C)cc34)nn(-c3ccc(N4CC5C(C4)C5C(=O)O)nc3)c12. The molecule has 9 heteroatoms. The largest absolute Gasteiger partial charge is 0.481 e. The van der Waals surface area contributed by atoms with Crippen molar-refractivity contribution in [3.05, 3.63) is 66.2 Å². The molecule has 180 valence electrons. The number of carbonyl (C=O) groups is 1. The number of carboxylic acids is 1. The van der Waals surface area contributed by atoms with Gasteiger partial charge in [0.1, 0.15) is 17.3 Å². The van der Waals surface area contributed by atoms with E-state index in [1.165, 1.54) is 6.07 Å². The van der Waals surface area contributed by atoms with Gasteiger partial charge in [0.2, 0.25) is 0 Å². The summed E-state index contributed by atoms with van der Waals surface area (Å²) in [5.41, 5.74) is 4.52. The zero-order chi connectivity index (χ0) is 24.7. The summed E-state index contributed by atoms with van der Waals surface area (Å²) in [5, 5.41) is 20.6. The van der Waals surface area contributed by atoms with Gasteiger partial charge in [-0.2, -0.15) is 10.2 Å². The first-order chi connectivity index (χ1) is 17.4. The van der Waals surface area contributed by atoms with E-state index in [1.54, 1.807) is 28.6 Å². The van der Waals surface area contributed by atoms with E-state index >= 15 is 0 Å². The standard InChI is InChI=1S/C27H23FN6O2/c1-14-21(28)8-7-17-25(16-4-3-5-22-18(16)11-32(2)30-22)31-34(26(14)17)15-6-9-23(29-10-15)33-12-19-20(13-33)24(19)27(35)36/h3-11,19-20,24H,12-13H2,1-2H3,(H,35,36). The highest BCUT2D eigenvalue weighted by molar-refractivity contribution is 6.03. The van der Waals surface area contributed by atoms with Crippen LogP contribution >= 0.6 is 0 Å². The number of carboxylic acid groups (broad SMARTS) is 1. The summed E-state index contributed by atoms with van der Waals surface area (Å²) in [7, 11) is 1.89. The van der Waals surface area contributed by atoms with Crippen LogP contribution in [0, 0.1) is 30.5 Å². The molecule has 1 aliphatic heterocycles. The summed E-state index contributed by atoms with van der Waals surface area (Å²) < 4.78 is 18.2. The number of aromatic nitrogens is 5. The third-order valence-electron chi connectivity index (χ3n) is 7.73. The number of rotatable bonds is 4. The van der Waals surface area contributed by atoms with Gasteiger partial charge in [-0.25, -0.2) is 14.1 Å². The van der Waals surface area contributed by atoms with E-state index in [-0.39, 0.29) is 23.6 Å². The molecule has 1 saturated heterocycles. The van der Waals surface area contributed by atoms with Crippen LogP contribution in [0.2, 0.25) is 0 Å². The zero-order valence-electron chi connectivity index (χ0n) is 19.8. The number of halogens is 1. The lowest BCUT2D eigenvalue weighted by Gasteiger charge is -2.20. The molecule has 8 nitrogen and oxygen atoms in total. The molecule has 3 aromatic heterocycles. The molecular formula is C27H23FN6O2. The Morgan fingerprint density at radius 2 is 1.86 bits per heavy atom. The van der Waals surface area contributed by atoms with Crippen LogP contribution in [0.5, 0.6) is 0 Å². The molecule has 36 heavy (non-hydrogen) atoms. The Kier molecular flexibility index (Phi) is 4.31. The predicted molar refractivity (Wildman–Crippen MR) is 134 cm³/mol. The van der Waals surface area contributed by atoms with Crippen LogP contribution in [0.3, 0.4) is 0 Å². The molecule has 2 unspecified atom stereocenters. The van der Waals surface area contributed by atoms with Crippen molar-refractivity contribution >= 4 is 33.6 Å². The molecule has 0 radical (unpaired) electrons. The maximum Gasteiger partial charge on any atom is 0.307 e. The van der Waals surface area contributed by atoms with Gasteiger partial charge in [-0.05, 0) is 49.1 Å². The Balaban J connectivity index is 1.31. The van der Waals surface area contributed by atoms with E-state index < -0.39 is 5.97 Å². The van der Waals surface area contributed by atoms with Gasteiger partial charge in [-0.3, -0.25) is 9.48 Å². The molecule has 0 spiro atoms. The maximum atomic E-state index is 14.7. The average molecular weight is 483 g/mol. The average Bonchev–Trinajstić information content (AvgIpc) is 3.20. The second-order valence-corrected chi connectivity index (χ2v) is 9.84. The monoisotopic (exact) mass is 482 g/mol. The van der Waals surface area contributed by atoms with Crippen LogP contribution in [-0.2, 0) is 11.8 Å².